The van der Waals surface area contributed by atoms with E-state index in [0.29, 0.717) is 24.6 Å². The molecule has 1 saturated heterocycles. The minimum atomic E-state index is -0.720. The van der Waals surface area contributed by atoms with Crippen molar-refractivity contribution in [2.75, 3.05) is 19.6 Å². The highest BCUT2D eigenvalue weighted by atomic mass is 19.1. The lowest BCUT2D eigenvalue weighted by molar-refractivity contribution is -0.387. The summed E-state index contributed by atoms with van der Waals surface area (Å²) in [7, 11) is 0. The van der Waals surface area contributed by atoms with Gasteiger partial charge in [0.2, 0.25) is 5.82 Å². The van der Waals surface area contributed by atoms with Gasteiger partial charge in [-0.15, -0.1) is 0 Å². The molecule has 1 fully saturated rings. The van der Waals surface area contributed by atoms with Crippen LogP contribution in [0, 0.1) is 21.8 Å². The molecule has 1 unspecified atom stereocenters. The van der Waals surface area contributed by atoms with Crippen LogP contribution in [0.1, 0.15) is 18.4 Å². The number of piperidine rings is 1. The number of hydrogen-bond donors (Lipinski definition) is 1. The summed E-state index contributed by atoms with van der Waals surface area (Å²) in [5.41, 5.74) is 5.59. The van der Waals surface area contributed by atoms with Crippen molar-refractivity contribution in [1.82, 2.24) is 4.90 Å². The van der Waals surface area contributed by atoms with Gasteiger partial charge in [-0.1, -0.05) is 12.1 Å². The van der Waals surface area contributed by atoms with Crippen LogP contribution in [0.2, 0.25) is 0 Å². The minimum absolute atomic E-state index is 0.381. The van der Waals surface area contributed by atoms with Crippen molar-refractivity contribution < 1.29 is 9.31 Å². The zero-order chi connectivity index (χ0) is 13.8. The van der Waals surface area contributed by atoms with Crippen LogP contribution in [-0.2, 0) is 6.54 Å². The lowest BCUT2D eigenvalue weighted by atomic mass is 9.98. The highest BCUT2D eigenvalue weighted by Crippen LogP contribution is 2.23. The Bertz CT molecular complexity index is 467. The molecule has 1 aromatic carbocycles. The van der Waals surface area contributed by atoms with Crippen LogP contribution in [0.3, 0.4) is 0 Å². The third kappa shape index (κ3) is 3.27. The predicted molar refractivity (Wildman–Crippen MR) is 70.1 cm³/mol. The molecule has 104 valence electrons. The lowest BCUT2D eigenvalue weighted by Crippen LogP contribution is -2.38. The van der Waals surface area contributed by atoms with Gasteiger partial charge in [-0.2, -0.15) is 4.39 Å². The van der Waals surface area contributed by atoms with Crippen molar-refractivity contribution in [1.29, 1.82) is 0 Å². The van der Waals surface area contributed by atoms with Gasteiger partial charge < -0.3 is 5.73 Å². The maximum Gasteiger partial charge on any atom is 0.305 e. The van der Waals surface area contributed by atoms with Crippen LogP contribution < -0.4 is 5.73 Å². The Morgan fingerprint density at radius 1 is 1.53 bits per heavy atom. The summed E-state index contributed by atoms with van der Waals surface area (Å²) in [5, 5.41) is 10.7. The fourth-order valence-electron chi connectivity index (χ4n) is 2.56. The number of hydrogen-bond acceptors (Lipinski definition) is 4. The molecular formula is C13H18FN3O2. The number of nitro groups is 1. The van der Waals surface area contributed by atoms with Gasteiger partial charge in [-0.05, 0) is 31.8 Å². The predicted octanol–water partition coefficient (Wildman–Crippen LogP) is 1.90. The van der Waals surface area contributed by atoms with E-state index in [0.717, 1.165) is 25.9 Å². The monoisotopic (exact) mass is 267 g/mol. The molecule has 2 N–H and O–H groups in total. The van der Waals surface area contributed by atoms with Gasteiger partial charge in [0.15, 0.2) is 0 Å². The third-order valence-corrected chi connectivity index (χ3v) is 3.59. The Balaban J connectivity index is 2.10. The Labute approximate surface area is 111 Å². The quantitative estimate of drug-likeness (QED) is 0.668. The van der Waals surface area contributed by atoms with Crippen molar-refractivity contribution in [3.8, 4) is 0 Å². The average molecular weight is 267 g/mol. The smallest absolute Gasteiger partial charge is 0.305 e. The molecule has 0 saturated carbocycles. The number of rotatable bonds is 4. The van der Waals surface area contributed by atoms with Crippen LogP contribution in [0.15, 0.2) is 18.2 Å². The molecule has 1 atom stereocenters. The molecule has 1 aromatic rings. The van der Waals surface area contributed by atoms with E-state index in [-0.39, 0.29) is 0 Å². The molecule has 0 amide bonds. The molecule has 19 heavy (non-hydrogen) atoms. The average Bonchev–Trinajstić information content (AvgIpc) is 2.41. The number of benzene rings is 1. The second-order valence-electron chi connectivity index (χ2n) is 4.99. The maximum atomic E-state index is 14.0. The van der Waals surface area contributed by atoms with Crippen molar-refractivity contribution in [2.24, 2.45) is 11.7 Å². The largest absolute Gasteiger partial charge is 0.330 e. The summed E-state index contributed by atoms with van der Waals surface area (Å²) in [6.07, 6.45) is 2.14. The summed E-state index contributed by atoms with van der Waals surface area (Å²) >= 11 is 0. The number of likely N-dealkylation sites (tertiary alicyclic amines) is 1. The first-order valence-corrected chi connectivity index (χ1v) is 6.46. The second kappa shape index (κ2) is 6.08. The van der Waals surface area contributed by atoms with Gasteiger partial charge in [0.25, 0.3) is 0 Å². The van der Waals surface area contributed by atoms with Gasteiger partial charge in [0.05, 0.1) is 4.92 Å². The van der Waals surface area contributed by atoms with Gasteiger partial charge in [0.1, 0.15) is 0 Å². The third-order valence-electron chi connectivity index (χ3n) is 3.59. The molecule has 0 bridgehead atoms. The summed E-state index contributed by atoms with van der Waals surface area (Å²) in [6.45, 7) is 2.76. The van der Waals surface area contributed by atoms with Gasteiger partial charge in [0, 0.05) is 24.7 Å². The van der Waals surface area contributed by atoms with Gasteiger partial charge in [-0.25, -0.2) is 0 Å². The normalized spacial score (nSPS) is 20.4. The molecule has 1 aliphatic rings. The lowest BCUT2D eigenvalue weighted by Gasteiger charge is -2.32. The summed E-state index contributed by atoms with van der Waals surface area (Å²) in [4.78, 5) is 12.1. The van der Waals surface area contributed by atoms with E-state index in [1.165, 1.54) is 12.1 Å². The first-order chi connectivity index (χ1) is 9.11. The van der Waals surface area contributed by atoms with Crippen molar-refractivity contribution in [3.63, 3.8) is 0 Å². The van der Waals surface area contributed by atoms with E-state index in [9.17, 15) is 14.5 Å². The molecule has 5 nitrogen and oxygen atoms in total. The topological polar surface area (TPSA) is 72.4 Å². The number of nitrogens with zero attached hydrogens (tertiary/aromatic N) is 2. The Hall–Kier alpha value is -1.53. The molecule has 0 radical (unpaired) electrons. The van der Waals surface area contributed by atoms with Crippen LogP contribution in [0.25, 0.3) is 0 Å². The first kappa shape index (κ1) is 13.9. The van der Waals surface area contributed by atoms with Crippen LogP contribution >= 0.6 is 0 Å². The first-order valence-electron chi connectivity index (χ1n) is 6.46. The SMILES string of the molecule is NCC1CCCN(Cc2cccc([N+](=O)[O-])c2F)C1. The van der Waals surface area contributed by atoms with Gasteiger partial charge in [-0.3, -0.25) is 15.0 Å². The fourth-order valence-corrected chi connectivity index (χ4v) is 2.56. The molecule has 0 spiro atoms. The van der Waals surface area contributed by atoms with Crippen LogP contribution in [0.5, 0.6) is 0 Å². The highest BCUT2D eigenvalue weighted by molar-refractivity contribution is 5.36. The van der Waals surface area contributed by atoms with Crippen molar-refractivity contribution in [3.05, 3.63) is 39.7 Å². The standard InChI is InChI=1S/C13H18FN3O2/c14-13-11(4-1-5-12(13)17(18)19)9-16-6-2-3-10(7-15)8-16/h1,4-5,10H,2-3,6-9,15H2. The summed E-state index contributed by atoms with van der Waals surface area (Å²) < 4.78 is 14.0. The molecule has 1 aliphatic heterocycles. The van der Waals surface area contributed by atoms with E-state index in [2.05, 4.69) is 4.90 Å². The highest BCUT2D eigenvalue weighted by Gasteiger charge is 2.22. The Morgan fingerprint density at radius 3 is 3.00 bits per heavy atom. The molecule has 2 rings (SSSR count). The second-order valence-corrected chi connectivity index (χ2v) is 4.99. The van der Waals surface area contributed by atoms with Crippen molar-refractivity contribution in [2.45, 2.75) is 19.4 Å². The molecule has 0 aromatic heterocycles. The molecule has 1 heterocycles. The van der Waals surface area contributed by atoms with E-state index in [1.54, 1.807) is 6.07 Å². The number of nitro benzene ring substituents is 1. The van der Waals surface area contributed by atoms with E-state index >= 15 is 0 Å². The zero-order valence-electron chi connectivity index (χ0n) is 10.7. The fraction of sp³-hybridized carbons (Fsp3) is 0.538. The Kier molecular flexibility index (Phi) is 4.44. The molecule has 6 heteroatoms. The number of halogens is 1. The van der Waals surface area contributed by atoms with E-state index in [4.69, 9.17) is 5.73 Å². The molecule has 0 aliphatic carbocycles. The van der Waals surface area contributed by atoms with Gasteiger partial charge >= 0.3 is 5.69 Å². The summed E-state index contributed by atoms with van der Waals surface area (Å²) in [5.74, 6) is -0.280. The van der Waals surface area contributed by atoms with E-state index in [1.807, 2.05) is 0 Å². The maximum absolute atomic E-state index is 14.0. The number of nitrogens with two attached hydrogens (primary N) is 1. The zero-order valence-corrected chi connectivity index (χ0v) is 10.7. The van der Waals surface area contributed by atoms with Crippen molar-refractivity contribution >= 4 is 5.69 Å². The van der Waals surface area contributed by atoms with Crippen LogP contribution in [0.4, 0.5) is 10.1 Å². The van der Waals surface area contributed by atoms with Crippen LogP contribution in [-0.4, -0.2) is 29.5 Å². The summed E-state index contributed by atoms with van der Waals surface area (Å²) in [6, 6.07) is 4.33. The minimum Gasteiger partial charge on any atom is -0.330 e. The Morgan fingerprint density at radius 2 is 2.32 bits per heavy atom. The molecular weight excluding hydrogens is 249 g/mol. The van der Waals surface area contributed by atoms with E-state index < -0.39 is 16.4 Å².